The Kier molecular flexibility index (Phi) is 4.20. The molecule has 5 heteroatoms. The van der Waals surface area contributed by atoms with Crippen molar-refractivity contribution in [2.45, 2.75) is 26.9 Å². The molecule has 0 aliphatic rings. The first kappa shape index (κ1) is 14.3. The molecule has 3 N–H and O–H groups in total. The molecule has 106 valence electrons. The molecule has 0 unspecified atom stereocenters. The fraction of sp³-hybridized carbons (Fsp3) is 0.333. The minimum atomic E-state index is -0.390. The highest BCUT2D eigenvalue weighted by atomic mass is 16.1. The van der Waals surface area contributed by atoms with Crippen LogP contribution in [0.4, 0.5) is 0 Å². The van der Waals surface area contributed by atoms with Gasteiger partial charge in [0.1, 0.15) is 0 Å². The average molecular weight is 272 g/mol. The van der Waals surface area contributed by atoms with Gasteiger partial charge in [0.05, 0.1) is 6.20 Å². The second kappa shape index (κ2) is 5.88. The summed E-state index contributed by atoms with van der Waals surface area (Å²) in [5.74, 6) is -0.390. The minimum Gasteiger partial charge on any atom is -0.366 e. The molecular formula is C15H20N4O. The average Bonchev–Trinajstić information content (AvgIpc) is 2.72. The first-order valence-corrected chi connectivity index (χ1v) is 6.56. The number of nitrogens with zero attached hydrogens (tertiary/aromatic N) is 2. The van der Waals surface area contributed by atoms with Crippen LogP contribution in [0.1, 0.15) is 32.7 Å². The molecule has 0 saturated carbocycles. The van der Waals surface area contributed by atoms with Crippen molar-refractivity contribution in [2.75, 3.05) is 0 Å². The number of benzene rings is 1. The molecule has 2 rings (SSSR count). The molecule has 20 heavy (non-hydrogen) atoms. The summed E-state index contributed by atoms with van der Waals surface area (Å²) >= 11 is 0. The molecule has 1 heterocycles. The third kappa shape index (κ3) is 3.05. The van der Waals surface area contributed by atoms with E-state index >= 15 is 0 Å². The molecule has 0 spiro atoms. The lowest BCUT2D eigenvalue weighted by molar-refractivity contribution is 0.1000. The number of rotatable bonds is 5. The van der Waals surface area contributed by atoms with E-state index in [9.17, 15) is 4.79 Å². The second-order valence-electron chi connectivity index (χ2n) is 4.99. The van der Waals surface area contributed by atoms with Crippen molar-refractivity contribution in [1.29, 1.82) is 0 Å². The lowest BCUT2D eigenvalue weighted by atomic mass is 10.0. The highest BCUT2D eigenvalue weighted by molar-refractivity contribution is 5.93. The summed E-state index contributed by atoms with van der Waals surface area (Å²) in [5, 5.41) is 7.61. The van der Waals surface area contributed by atoms with Gasteiger partial charge in [-0.2, -0.15) is 5.10 Å². The largest absolute Gasteiger partial charge is 0.366 e. The first-order valence-electron chi connectivity index (χ1n) is 6.56. The van der Waals surface area contributed by atoms with Gasteiger partial charge in [-0.25, -0.2) is 0 Å². The number of aromatic nitrogens is 2. The molecule has 1 aromatic heterocycles. The maximum atomic E-state index is 11.1. The minimum absolute atomic E-state index is 0.390. The van der Waals surface area contributed by atoms with Crippen LogP contribution in [0.3, 0.4) is 0 Å². The van der Waals surface area contributed by atoms with Crippen LogP contribution in [0.5, 0.6) is 0 Å². The third-order valence-electron chi connectivity index (χ3n) is 3.59. The van der Waals surface area contributed by atoms with Gasteiger partial charge >= 0.3 is 0 Å². The molecule has 0 atom stereocenters. The number of hydrogen-bond acceptors (Lipinski definition) is 3. The molecule has 2 aromatic rings. The molecular weight excluding hydrogens is 252 g/mol. The second-order valence-corrected chi connectivity index (χ2v) is 4.99. The van der Waals surface area contributed by atoms with Crippen LogP contribution < -0.4 is 11.1 Å². The Morgan fingerprint density at radius 1 is 1.30 bits per heavy atom. The van der Waals surface area contributed by atoms with Crippen LogP contribution in [0, 0.1) is 13.8 Å². The van der Waals surface area contributed by atoms with Crippen LogP contribution >= 0.6 is 0 Å². The van der Waals surface area contributed by atoms with E-state index in [1.807, 2.05) is 37.0 Å². The lowest BCUT2D eigenvalue weighted by Gasteiger charge is -2.09. The van der Waals surface area contributed by atoms with Crippen LogP contribution in [0.2, 0.25) is 0 Å². The zero-order valence-electron chi connectivity index (χ0n) is 12.1. The summed E-state index contributed by atoms with van der Waals surface area (Å²) < 4.78 is 1.86. The van der Waals surface area contributed by atoms with Gasteiger partial charge in [-0.05, 0) is 37.1 Å². The van der Waals surface area contributed by atoms with E-state index < -0.39 is 5.91 Å². The third-order valence-corrected chi connectivity index (χ3v) is 3.59. The molecule has 0 saturated heterocycles. The van der Waals surface area contributed by atoms with Gasteiger partial charge in [-0.3, -0.25) is 9.48 Å². The molecule has 5 nitrogen and oxygen atoms in total. The van der Waals surface area contributed by atoms with E-state index in [1.54, 1.807) is 6.07 Å². The first-order chi connectivity index (χ1) is 9.49. The summed E-state index contributed by atoms with van der Waals surface area (Å²) in [7, 11) is 1.94. The zero-order chi connectivity index (χ0) is 14.7. The Balaban J connectivity index is 1.98. The Hall–Kier alpha value is -2.14. The summed E-state index contributed by atoms with van der Waals surface area (Å²) in [6, 6.07) is 5.54. The number of amides is 1. The highest BCUT2D eigenvalue weighted by Gasteiger charge is 2.06. The van der Waals surface area contributed by atoms with Gasteiger partial charge in [0, 0.05) is 37.0 Å². The van der Waals surface area contributed by atoms with Crippen LogP contribution in [0.25, 0.3) is 0 Å². The maximum Gasteiger partial charge on any atom is 0.248 e. The SMILES string of the molecule is Cc1cc(C(N)=O)ccc1CNCc1cnn(C)c1C. The summed E-state index contributed by atoms with van der Waals surface area (Å²) in [5.41, 5.74) is 10.4. The van der Waals surface area contributed by atoms with Crippen molar-refractivity contribution in [2.24, 2.45) is 12.8 Å². The van der Waals surface area contributed by atoms with Crippen LogP contribution in [-0.2, 0) is 20.1 Å². The highest BCUT2D eigenvalue weighted by Crippen LogP contribution is 2.11. The van der Waals surface area contributed by atoms with Gasteiger partial charge in [0.25, 0.3) is 0 Å². The monoisotopic (exact) mass is 272 g/mol. The van der Waals surface area contributed by atoms with E-state index in [2.05, 4.69) is 17.3 Å². The number of nitrogens with one attached hydrogen (secondary N) is 1. The van der Waals surface area contributed by atoms with Crippen molar-refractivity contribution < 1.29 is 4.79 Å². The molecule has 0 radical (unpaired) electrons. The maximum absolute atomic E-state index is 11.1. The summed E-state index contributed by atoms with van der Waals surface area (Å²) in [6.45, 7) is 5.56. The van der Waals surface area contributed by atoms with Gasteiger partial charge in [-0.1, -0.05) is 6.07 Å². The van der Waals surface area contributed by atoms with Crippen LogP contribution in [-0.4, -0.2) is 15.7 Å². The van der Waals surface area contributed by atoms with E-state index in [0.29, 0.717) is 5.56 Å². The number of hydrogen-bond donors (Lipinski definition) is 2. The predicted octanol–water partition coefficient (Wildman–Crippen LogP) is 1.43. The fourth-order valence-corrected chi connectivity index (χ4v) is 2.10. The Bertz CT molecular complexity index is 631. The summed E-state index contributed by atoms with van der Waals surface area (Å²) in [6.07, 6.45) is 1.88. The molecule has 1 amide bonds. The van der Waals surface area contributed by atoms with E-state index in [1.165, 1.54) is 11.3 Å². The smallest absolute Gasteiger partial charge is 0.248 e. The normalized spacial score (nSPS) is 10.8. The van der Waals surface area contributed by atoms with Gasteiger partial charge in [0.2, 0.25) is 5.91 Å². The van der Waals surface area contributed by atoms with Gasteiger partial charge in [-0.15, -0.1) is 0 Å². The van der Waals surface area contributed by atoms with Crippen molar-refractivity contribution in [3.8, 4) is 0 Å². The number of primary amides is 1. The quantitative estimate of drug-likeness (QED) is 0.864. The van der Waals surface area contributed by atoms with Crippen LogP contribution in [0.15, 0.2) is 24.4 Å². The number of carbonyl (C=O) groups excluding carboxylic acids is 1. The Labute approximate surface area is 118 Å². The Morgan fingerprint density at radius 3 is 2.55 bits per heavy atom. The van der Waals surface area contributed by atoms with Gasteiger partial charge in [0.15, 0.2) is 0 Å². The topological polar surface area (TPSA) is 72.9 Å². The fourth-order valence-electron chi connectivity index (χ4n) is 2.10. The van der Waals surface area contributed by atoms with Crippen molar-refractivity contribution in [3.05, 3.63) is 52.3 Å². The van der Waals surface area contributed by atoms with E-state index in [0.717, 1.165) is 24.2 Å². The van der Waals surface area contributed by atoms with Crippen molar-refractivity contribution in [3.63, 3.8) is 0 Å². The van der Waals surface area contributed by atoms with E-state index in [4.69, 9.17) is 5.73 Å². The van der Waals surface area contributed by atoms with Crippen molar-refractivity contribution in [1.82, 2.24) is 15.1 Å². The number of nitrogens with two attached hydrogens (primary N) is 1. The standard InChI is InChI=1S/C15H20N4O/c1-10-6-12(15(16)20)4-5-13(10)7-17-8-14-9-18-19(3)11(14)2/h4-6,9,17H,7-8H2,1-3H3,(H2,16,20). The molecule has 1 aromatic carbocycles. The predicted molar refractivity (Wildman–Crippen MR) is 78.2 cm³/mol. The van der Waals surface area contributed by atoms with Gasteiger partial charge < -0.3 is 11.1 Å². The molecule has 0 fully saturated rings. The number of carbonyl (C=O) groups is 1. The molecule has 0 aliphatic heterocycles. The summed E-state index contributed by atoms with van der Waals surface area (Å²) in [4.78, 5) is 11.1. The lowest BCUT2D eigenvalue weighted by Crippen LogP contribution is -2.15. The van der Waals surface area contributed by atoms with Crippen molar-refractivity contribution >= 4 is 5.91 Å². The number of aryl methyl sites for hydroxylation is 2. The molecule has 0 aliphatic carbocycles. The van der Waals surface area contributed by atoms with E-state index in [-0.39, 0.29) is 0 Å². The molecule has 0 bridgehead atoms. The Morgan fingerprint density at radius 2 is 2.00 bits per heavy atom. The zero-order valence-corrected chi connectivity index (χ0v) is 12.1.